The zero-order valence-corrected chi connectivity index (χ0v) is 12.1. The monoisotopic (exact) mass is 307 g/mol. The first-order valence-corrected chi connectivity index (χ1v) is 7.99. The molecule has 0 unspecified atom stereocenters. The Bertz CT molecular complexity index is 547. The summed E-state index contributed by atoms with van der Waals surface area (Å²) in [5.74, 6) is -2.72. The fourth-order valence-electron chi connectivity index (χ4n) is 1.74. The molecule has 0 aliphatic carbocycles. The van der Waals surface area contributed by atoms with Crippen LogP contribution in [0.4, 0.5) is 8.78 Å². The van der Waals surface area contributed by atoms with E-state index in [0.29, 0.717) is 6.42 Å². The van der Waals surface area contributed by atoms with Crippen LogP contribution in [0.1, 0.15) is 38.2 Å². The van der Waals surface area contributed by atoms with Crippen LogP contribution in [0.3, 0.4) is 0 Å². The number of sulfonamides is 1. The van der Waals surface area contributed by atoms with Gasteiger partial charge >= 0.3 is 0 Å². The Morgan fingerprint density at radius 2 is 1.90 bits per heavy atom. The lowest BCUT2D eigenvalue weighted by Gasteiger charge is -2.09. The van der Waals surface area contributed by atoms with Crippen LogP contribution in [-0.4, -0.2) is 20.1 Å². The van der Waals surface area contributed by atoms with E-state index >= 15 is 0 Å². The Morgan fingerprint density at radius 3 is 2.50 bits per heavy atom. The lowest BCUT2D eigenvalue weighted by Crippen LogP contribution is -2.26. The molecule has 1 rings (SSSR count). The predicted octanol–water partition coefficient (Wildman–Crippen LogP) is 2.32. The van der Waals surface area contributed by atoms with Crippen molar-refractivity contribution < 1.29 is 22.3 Å². The van der Waals surface area contributed by atoms with Crippen molar-refractivity contribution in [2.45, 2.75) is 44.1 Å². The second kappa shape index (κ2) is 7.66. The van der Waals surface area contributed by atoms with Crippen molar-refractivity contribution >= 4 is 10.0 Å². The number of halogens is 2. The van der Waals surface area contributed by atoms with Gasteiger partial charge in [-0.2, -0.15) is 0 Å². The normalized spacial score (nSPS) is 11.8. The molecule has 20 heavy (non-hydrogen) atoms. The summed E-state index contributed by atoms with van der Waals surface area (Å²) in [5.41, 5.74) is 0.00950. The minimum atomic E-state index is -4.11. The Balaban J connectivity index is 2.84. The molecule has 0 spiro atoms. The second-order valence-corrected chi connectivity index (χ2v) is 6.24. The molecule has 0 radical (unpaired) electrons. The number of benzene rings is 1. The van der Waals surface area contributed by atoms with Crippen LogP contribution in [0.5, 0.6) is 0 Å². The highest BCUT2D eigenvalue weighted by Gasteiger charge is 2.22. The van der Waals surface area contributed by atoms with Gasteiger partial charge in [-0.15, -0.1) is 0 Å². The fraction of sp³-hybridized carbons (Fsp3) is 0.538. The van der Waals surface area contributed by atoms with E-state index in [1.807, 2.05) is 6.92 Å². The number of aliphatic hydroxyl groups is 1. The van der Waals surface area contributed by atoms with E-state index in [1.54, 1.807) is 0 Å². The standard InChI is InChI=1S/C13H19F2NO3S/c1-2-3-4-5-6-16-20(18,19)12-8-10(9-17)7-11(14)13(12)15/h7-8,16-17H,2-6,9H2,1H3. The molecule has 0 aromatic heterocycles. The first-order valence-electron chi connectivity index (χ1n) is 6.50. The Hall–Kier alpha value is -1.05. The zero-order chi connectivity index (χ0) is 15.2. The summed E-state index contributed by atoms with van der Waals surface area (Å²) >= 11 is 0. The van der Waals surface area contributed by atoms with Crippen molar-refractivity contribution in [2.75, 3.05) is 6.54 Å². The Labute approximate surface area is 117 Å². The number of unbranched alkanes of at least 4 members (excludes halogenated alkanes) is 3. The lowest BCUT2D eigenvalue weighted by atomic mass is 10.2. The summed E-state index contributed by atoms with van der Waals surface area (Å²) < 4.78 is 52.9. The van der Waals surface area contributed by atoms with E-state index in [0.717, 1.165) is 31.4 Å². The molecule has 0 aliphatic rings. The van der Waals surface area contributed by atoms with Crippen LogP contribution in [0.15, 0.2) is 17.0 Å². The van der Waals surface area contributed by atoms with Gasteiger partial charge in [-0.3, -0.25) is 0 Å². The lowest BCUT2D eigenvalue weighted by molar-refractivity contribution is 0.280. The number of hydrogen-bond acceptors (Lipinski definition) is 3. The maximum atomic E-state index is 13.6. The van der Waals surface area contributed by atoms with Crippen LogP contribution in [0, 0.1) is 11.6 Å². The minimum absolute atomic E-state index is 0.00950. The largest absolute Gasteiger partial charge is 0.392 e. The smallest absolute Gasteiger partial charge is 0.243 e. The Morgan fingerprint density at radius 1 is 1.20 bits per heavy atom. The first kappa shape index (κ1) is 17.0. The molecule has 2 N–H and O–H groups in total. The van der Waals surface area contributed by atoms with Gasteiger partial charge in [0.2, 0.25) is 10.0 Å². The molecule has 1 aromatic carbocycles. The van der Waals surface area contributed by atoms with Crippen molar-refractivity contribution in [3.05, 3.63) is 29.3 Å². The summed E-state index contributed by atoms with van der Waals surface area (Å²) in [6.07, 6.45) is 3.51. The van der Waals surface area contributed by atoms with Crippen molar-refractivity contribution in [3.63, 3.8) is 0 Å². The van der Waals surface area contributed by atoms with Gasteiger partial charge in [0.1, 0.15) is 4.90 Å². The van der Waals surface area contributed by atoms with Crippen LogP contribution in [-0.2, 0) is 16.6 Å². The van der Waals surface area contributed by atoms with E-state index in [4.69, 9.17) is 5.11 Å². The summed E-state index contributed by atoms with van der Waals surface area (Å²) in [6, 6.07) is 1.71. The van der Waals surface area contributed by atoms with Gasteiger partial charge in [0, 0.05) is 6.54 Å². The van der Waals surface area contributed by atoms with E-state index in [-0.39, 0.29) is 12.1 Å². The highest BCUT2D eigenvalue weighted by Crippen LogP contribution is 2.20. The SMILES string of the molecule is CCCCCCNS(=O)(=O)c1cc(CO)cc(F)c1F. The topological polar surface area (TPSA) is 66.4 Å². The van der Waals surface area contributed by atoms with Gasteiger partial charge in [-0.05, 0) is 24.1 Å². The molecule has 0 aliphatic heterocycles. The Kier molecular flexibility index (Phi) is 6.51. The molecular weight excluding hydrogens is 288 g/mol. The highest BCUT2D eigenvalue weighted by atomic mass is 32.2. The molecule has 0 heterocycles. The molecule has 0 saturated carbocycles. The van der Waals surface area contributed by atoms with Crippen molar-refractivity contribution in [1.82, 2.24) is 4.72 Å². The average molecular weight is 307 g/mol. The van der Waals surface area contributed by atoms with E-state index in [1.165, 1.54) is 0 Å². The molecule has 1 aromatic rings. The van der Waals surface area contributed by atoms with E-state index in [2.05, 4.69) is 4.72 Å². The average Bonchev–Trinajstić information content (AvgIpc) is 2.41. The number of aliphatic hydroxyl groups excluding tert-OH is 1. The maximum absolute atomic E-state index is 13.6. The third kappa shape index (κ3) is 4.50. The van der Waals surface area contributed by atoms with E-state index < -0.39 is 33.2 Å². The van der Waals surface area contributed by atoms with Gasteiger partial charge < -0.3 is 5.11 Å². The molecule has 7 heteroatoms. The quantitative estimate of drug-likeness (QED) is 0.724. The second-order valence-electron chi connectivity index (χ2n) is 4.51. The number of rotatable bonds is 8. The van der Waals surface area contributed by atoms with Crippen molar-refractivity contribution in [3.8, 4) is 0 Å². The van der Waals surface area contributed by atoms with Crippen LogP contribution < -0.4 is 4.72 Å². The van der Waals surface area contributed by atoms with Crippen LogP contribution in [0.2, 0.25) is 0 Å². The molecule has 114 valence electrons. The minimum Gasteiger partial charge on any atom is -0.392 e. The molecule has 0 saturated heterocycles. The van der Waals surface area contributed by atoms with Crippen LogP contribution >= 0.6 is 0 Å². The maximum Gasteiger partial charge on any atom is 0.243 e. The molecule has 0 amide bonds. The molecule has 4 nitrogen and oxygen atoms in total. The first-order chi connectivity index (χ1) is 9.42. The summed E-state index contributed by atoms with van der Waals surface area (Å²) in [4.78, 5) is -0.767. The number of nitrogens with one attached hydrogen (secondary N) is 1. The van der Waals surface area contributed by atoms with Gasteiger partial charge in [-0.25, -0.2) is 21.9 Å². The molecule has 0 bridgehead atoms. The highest BCUT2D eigenvalue weighted by molar-refractivity contribution is 7.89. The van der Waals surface area contributed by atoms with Gasteiger partial charge in [0.15, 0.2) is 11.6 Å². The van der Waals surface area contributed by atoms with Crippen molar-refractivity contribution in [1.29, 1.82) is 0 Å². The summed E-state index contributed by atoms with van der Waals surface area (Å²) in [6.45, 7) is 1.64. The number of hydrogen-bond donors (Lipinski definition) is 2. The summed E-state index contributed by atoms with van der Waals surface area (Å²) in [7, 11) is -4.11. The van der Waals surface area contributed by atoms with Crippen LogP contribution in [0.25, 0.3) is 0 Å². The molecule has 0 atom stereocenters. The zero-order valence-electron chi connectivity index (χ0n) is 11.3. The van der Waals surface area contributed by atoms with E-state index in [9.17, 15) is 17.2 Å². The van der Waals surface area contributed by atoms with Gasteiger partial charge in [-0.1, -0.05) is 26.2 Å². The predicted molar refractivity (Wildman–Crippen MR) is 71.6 cm³/mol. The fourth-order valence-corrected chi connectivity index (χ4v) is 2.95. The van der Waals surface area contributed by atoms with Gasteiger partial charge in [0.05, 0.1) is 6.61 Å². The third-order valence-electron chi connectivity index (χ3n) is 2.85. The molecular formula is C13H19F2NO3S. The molecule has 0 fully saturated rings. The third-order valence-corrected chi connectivity index (χ3v) is 4.31. The van der Waals surface area contributed by atoms with Gasteiger partial charge in [0.25, 0.3) is 0 Å². The summed E-state index contributed by atoms with van der Waals surface area (Å²) in [5, 5.41) is 8.91. The van der Waals surface area contributed by atoms with Crippen molar-refractivity contribution in [2.24, 2.45) is 0 Å².